The molecule has 0 aliphatic heterocycles. The molecule has 0 atom stereocenters. The van der Waals surface area contributed by atoms with Crippen molar-refractivity contribution in [1.29, 1.82) is 0 Å². The van der Waals surface area contributed by atoms with Crippen LogP contribution in [0, 0.1) is 0 Å². The summed E-state index contributed by atoms with van der Waals surface area (Å²) in [5, 5.41) is 0. The van der Waals surface area contributed by atoms with Crippen molar-refractivity contribution in [3.8, 4) is 11.6 Å². The first kappa shape index (κ1) is 13.8. The van der Waals surface area contributed by atoms with E-state index in [2.05, 4.69) is 34.5 Å². The summed E-state index contributed by atoms with van der Waals surface area (Å²) in [4.78, 5) is 8.41. The molecule has 21 heavy (non-hydrogen) atoms. The topological polar surface area (TPSA) is 73.1 Å². The van der Waals surface area contributed by atoms with Crippen LogP contribution in [-0.2, 0) is 19.3 Å². The number of aromatic nitrogens is 2. The highest BCUT2D eigenvalue weighted by Crippen LogP contribution is 2.31. The van der Waals surface area contributed by atoms with Crippen LogP contribution in [0.25, 0.3) is 0 Å². The van der Waals surface area contributed by atoms with Crippen LogP contribution in [0.15, 0.2) is 24.5 Å². The average molecular weight is 284 g/mol. The second-order valence-electron chi connectivity index (χ2n) is 5.29. The third-order valence-electron chi connectivity index (χ3n) is 3.83. The summed E-state index contributed by atoms with van der Waals surface area (Å²) >= 11 is 0. The molecule has 3 N–H and O–H groups in total. The van der Waals surface area contributed by atoms with E-state index < -0.39 is 0 Å². The Morgan fingerprint density at radius 1 is 1.24 bits per heavy atom. The third-order valence-corrected chi connectivity index (χ3v) is 3.83. The SMILES string of the molecule is CCCc1c(NN)ncnc1Oc1ccc2c(c1)CCC2. The van der Waals surface area contributed by atoms with E-state index in [0.717, 1.165) is 30.6 Å². The molecule has 1 heterocycles. The number of aryl methyl sites for hydroxylation is 2. The van der Waals surface area contributed by atoms with Gasteiger partial charge in [-0.05, 0) is 48.9 Å². The Kier molecular flexibility index (Phi) is 4.01. The lowest BCUT2D eigenvalue weighted by Gasteiger charge is -2.13. The molecule has 0 bridgehead atoms. The highest BCUT2D eigenvalue weighted by atomic mass is 16.5. The quantitative estimate of drug-likeness (QED) is 0.652. The zero-order chi connectivity index (χ0) is 14.7. The summed E-state index contributed by atoms with van der Waals surface area (Å²) in [7, 11) is 0. The van der Waals surface area contributed by atoms with Crippen LogP contribution in [0.3, 0.4) is 0 Å². The molecule has 5 heteroatoms. The third kappa shape index (κ3) is 2.83. The van der Waals surface area contributed by atoms with Crippen LogP contribution < -0.4 is 16.0 Å². The van der Waals surface area contributed by atoms with E-state index >= 15 is 0 Å². The molecule has 1 aliphatic carbocycles. The van der Waals surface area contributed by atoms with E-state index in [1.165, 1.54) is 30.3 Å². The van der Waals surface area contributed by atoms with Gasteiger partial charge >= 0.3 is 0 Å². The minimum Gasteiger partial charge on any atom is -0.439 e. The van der Waals surface area contributed by atoms with Gasteiger partial charge in [0.05, 0.1) is 5.56 Å². The molecule has 3 rings (SSSR count). The Morgan fingerprint density at radius 3 is 2.90 bits per heavy atom. The second kappa shape index (κ2) is 6.10. The normalized spacial score (nSPS) is 13.0. The number of anilines is 1. The van der Waals surface area contributed by atoms with Crippen molar-refractivity contribution in [2.24, 2.45) is 5.84 Å². The molecular formula is C16H20N4O. The molecule has 0 fully saturated rings. The Labute approximate surface area is 124 Å². The fourth-order valence-electron chi connectivity index (χ4n) is 2.81. The van der Waals surface area contributed by atoms with E-state index in [4.69, 9.17) is 10.6 Å². The summed E-state index contributed by atoms with van der Waals surface area (Å²) in [6.07, 6.45) is 6.80. The number of rotatable bonds is 5. The molecule has 110 valence electrons. The van der Waals surface area contributed by atoms with Crippen molar-refractivity contribution in [3.63, 3.8) is 0 Å². The van der Waals surface area contributed by atoms with Crippen molar-refractivity contribution in [2.75, 3.05) is 5.43 Å². The number of nitrogen functional groups attached to an aromatic ring is 1. The van der Waals surface area contributed by atoms with Crippen molar-refractivity contribution in [2.45, 2.75) is 39.0 Å². The van der Waals surface area contributed by atoms with Crippen molar-refractivity contribution in [1.82, 2.24) is 9.97 Å². The maximum Gasteiger partial charge on any atom is 0.227 e. The van der Waals surface area contributed by atoms with Crippen LogP contribution >= 0.6 is 0 Å². The molecule has 5 nitrogen and oxygen atoms in total. The summed E-state index contributed by atoms with van der Waals surface area (Å²) in [5.41, 5.74) is 6.35. The van der Waals surface area contributed by atoms with Crippen molar-refractivity contribution in [3.05, 3.63) is 41.2 Å². The lowest BCUT2D eigenvalue weighted by atomic mass is 10.1. The predicted octanol–water partition coefficient (Wildman–Crippen LogP) is 3.00. The number of hydrogen-bond acceptors (Lipinski definition) is 5. The van der Waals surface area contributed by atoms with Gasteiger partial charge in [-0.1, -0.05) is 19.4 Å². The Bertz CT molecular complexity index is 642. The lowest BCUT2D eigenvalue weighted by molar-refractivity contribution is 0.454. The van der Waals surface area contributed by atoms with Gasteiger partial charge in [-0.2, -0.15) is 0 Å². The predicted molar refractivity (Wildman–Crippen MR) is 82.4 cm³/mol. The van der Waals surface area contributed by atoms with Gasteiger partial charge in [0.2, 0.25) is 5.88 Å². The molecule has 0 saturated carbocycles. The first-order valence-electron chi connectivity index (χ1n) is 7.42. The van der Waals surface area contributed by atoms with Gasteiger partial charge in [0.15, 0.2) is 0 Å². The number of nitrogens with one attached hydrogen (secondary N) is 1. The molecule has 1 aromatic heterocycles. The smallest absolute Gasteiger partial charge is 0.227 e. The molecule has 0 radical (unpaired) electrons. The fourth-order valence-corrected chi connectivity index (χ4v) is 2.81. The van der Waals surface area contributed by atoms with E-state index in [1.54, 1.807) is 0 Å². The van der Waals surface area contributed by atoms with E-state index in [1.807, 2.05) is 6.07 Å². The summed E-state index contributed by atoms with van der Waals surface area (Å²) in [6, 6.07) is 6.29. The largest absolute Gasteiger partial charge is 0.439 e. The molecule has 0 saturated heterocycles. The molecule has 0 spiro atoms. The molecular weight excluding hydrogens is 264 g/mol. The number of ether oxygens (including phenoxy) is 1. The van der Waals surface area contributed by atoms with Gasteiger partial charge in [-0.25, -0.2) is 15.8 Å². The molecule has 2 aromatic rings. The first-order chi connectivity index (χ1) is 10.3. The Balaban J connectivity index is 1.90. The van der Waals surface area contributed by atoms with Crippen LogP contribution in [0.2, 0.25) is 0 Å². The molecule has 0 unspecified atom stereocenters. The highest BCUT2D eigenvalue weighted by molar-refractivity contribution is 5.49. The highest BCUT2D eigenvalue weighted by Gasteiger charge is 2.15. The Morgan fingerprint density at radius 2 is 2.10 bits per heavy atom. The van der Waals surface area contributed by atoms with Gasteiger partial charge in [-0.3, -0.25) is 0 Å². The number of fused-ring (bicyclic) bond motifs is 1. The summed E-state index contributed by atoms with van der Waals surface area (Å²) < 4.78 is 5.98. The number of nitrogens with zero attached hydrogens (tertiary/aromatic N) is 2. The van der Waals surface area contributed by atoms with Gasteiger partial charge in [0.1, 0.15) is 17.9 Å². The zero-order valence-corrected chi connectivity index (χ0v) is 12.2. The second-order valence-corrected chi connectivity index (χ2v) is 5.29. The van der Waals surface area contributed by atoms with Crippen LogP contribution in [-0.4, -0.2) is 9.97 Å². The zero-order valence-electron chi connectivity index (χ0n) is 12.2. The van der Waals surface area contributed by atoms with Crippen LogP contribution in [0.1, 0.15) is 36.5 Å². The lowest BCUT2D eigenvalue weighted by Crippen LogP contribution is -2.12. The minimum atomic E-state index is 0.581. The maximum atomic E-state index is 5.98. The van der Waals surface area contributed by atoms with Crippen molar-refractivity contribution >= 4 is 5.82 Å². The number of hydrazine groups is 1. The van der Waals surface area contributed by atoms with Gasteiger partial charge in [0, 0.05) is 0 Å². The van der Waals surface area contributed by atoms with Gasteiger partial charge in [-0.15, -0.1) is 0 Å². The summed E-state index contributed by atoms with van der Waals surface area (Å²) in [6.45, 7) is 2.10. The number of benzene rings is 1. The number of hydrogen-bond donors (Lipinski definition) is 2. The maximum absolute atomic E-state index is 5.98. The minimum absolute atomic E-state index is 0.581. The van der Waals surface area contributed by atoms with Crippen LogP contribution in [0.5, 0.6) is 11.6 Å². The molecule has 0 amide bonds. The molecule has 1 aliphatic rings. The average Bonchev–Trinajstić information content (AvgIpc) is 2.96. The van der Waals surface area contributed by atoms with E-state index in [-0.39, 0.29) is 0 Å². The monoisotopic (exact) mass is 284 g/mol. The fraction of sp³-hybridized carbons (Fsp3) is 0.375. The summed E-state index contributed by atoms with van der Waals surface area (Å²) in [5.74, 6) is 7.56. The Hall–Kier alpha value is -2.14. The standard InChI is InChI=1S/C16H20N4O/c1-2-4-14-15(20-17)18-10-19-16(14)21-13-8-7-11-5-3-6-12(11)9-13/h7-10H,2-6,17H2,1H3,(H,18,19,20). The van der Waals surface area contributed by atoms with Gasteiger partial charge < -0.3 is 10.2 Å². The van der Waals surface area contributed by atoms with Gasteiger partial charge in [0.25, 0.3) is 0 Å². The van der Waals surface area contributed by atoms with E-state index in [9.17, 15) is 0 Å². The first-order valence-corrected chi connectivity index (χ1v) is 7.42. The molecule has 1 aromatic carbocycles. The van der Waals surface area contributed by atoms with E-state index in [0.29, 0.717) is 11.7 Å². The number of nitrogens with two attached hydrogens (primary N) is 1. The van der Waals surface area contributed by atoms with Crippen molar-refractivity contribution < 1.29 is 4.74 Å². The van der Waals surface area contributed by atoms with Crippen LogP contribution in [0.4, 0.5) is 5.82 Å².